The Morgan fingerprint density at radius 1 is 1.22 bits per heavy atom. The first-order valence-corrected chi connectivity index (χ1v) is 10.0. The highest BCUT2D eigenvalue weighted by molar-refractivity contribution is 5.78. The fourth-order valence-electron chi connectivity index (χ4n) is 4.59. The van der Waals surface area contributed by atoms with Crippen LogP contribution in [0.25, 0.3) is 0 Å². The van der Waals surface area contributed by atoms with Gasteiger partial charge in [-0.25, -0.2) is 0 Å². The van der Waals surface area contributed by atoms with Crippen molar-refractivity contribution in [3.05, 3.63) is 29.8 Å². The molecule has 1 heterocycles. The molecule has 4 unspecified atom stereocenters. The van der Waals surface area contributed by atoms with Gasteiger partial charge in [0.15, 0.2) is 6.61 Å². The largest absolute Gasteiger partial charge is 0.484 e. The van der Waals surface area contributed by atoms with Gasteiger partial charge < -0.3 is 15.4 Å². The molecule has 1 aromatic carbocycles. The van der Waals surface area contributed by atoms with Crippen LogP contribution < -0.4 is 15.4 Å². The molecule has 2 aliphatic rings. The maximum atomic E-state index is 12.3. The summed E-state index contributed by atoms with van der Waals surface area (Å²) in [6.07, 6.45) is 3.42. The number of amides is 2. The Hall–Kier alpha value is -2.04. The maximum absolute atomic E-state index is 12.3. The van der Waals surface area contributed by atoms with Crippen LogP contribution in [0.15, 0.2) is 24.3 Å². The van der Waals surface area contributed by atoms with E-state index in [1.807, 2.05) is 31.2 Å². The molecular formula is C22H32N2O3. The Bertz CT molecular complexity index is 678. The second kappa shape index (κ2) is 7.91. The van der Waals surface area contributed by atoms with Crippen LogP contribution in [0.2, 0.25) is 0 Å². The van der Waals surface area contributed by atoms with Crippen molar-refractivity contribution in [3.8, 4) is 5.75 Å². The normalized spacial score (nSPS) is 28.1. The number of rotatable bonds is 4. The number of carbonyl (C=O) groups is 2. The minimum atomic E-state index is -0.103. The van der Waals surface area contributed by atoms with Gasteiger partial charge in [-0.2, -0.15) is 0 Å². The van der Waals surface area contributed by atoms with E-state index in [0.29, 0.717) is 24.0 Å². The van der Waals surface area contributed by atoms with Gasteiger partial charge in [-0.05, 0) is 55.6 Å². The van der Waals surface area contributed by atoms with E-state index in [0.717, 1.165) is 24.8 Å². The highest BCUT2D eigenvalue weighted by atomic mass is 16.5. The average molecular weight is 373 g/mol. The zero-order valence-corrected chi connectivity index (χ0v) is 16.9. The third kappa shape index (κ3) is 5.02. The Morgan fingerprint density at radius 3 is 2.59 bits per heavy atom. The van der Waals surface area contributed by atoms with Gasteiger partial charge in [-0.3, -0.25) is 9.59 Å². The Labute approximate surface area is 162 Å². The molecule has 1 aliphatic carbocycles. The summed E-state index contributed by atoms with van der Waals surface area (Å²) in [4.78, 5) is 24.4. The minimum absolute atomic E-state index is 0.0185. The second-order valence-corrected chi connectivity index (χ2v) is 9.19. The predicted octanol–water partition coefficient (Wildman–Crippen LogP) is 3.21. The van der Waals surface area contributed by atoms with E-state index >= 15 is 0 Å². The smallest absolute Gasteiger partial charge is 0.258 e. The lowest BCUT2D eigenvalue weighted by Crippen LogP contribution is -2.57. The molecular weight excluding hydrogens is 340 g/mol. The molecule has 0 spiro atoms. The van der Waals surface area contributed by atoms with Crippen LogP contribution in [0, 0.1) is 24.2 Å². The summed E-state index contributed by atoms with van der Waals surface area (Å²) in [6, 6.07) is 7.93. The molecule has 27 heavy (non-hydrogen) atoms. The van der Waals surface area contributed by atoms with Crippen molar-refractivity contribution < 1.29 is 14.3 Å². The van der Waals surface area contributed by atoms with Gasteiger partial charge in [0.1, 0.15) is 5.75 Å². The van der Waals surface area contributed by atoms with Crippen molar-refractivity contribution in [3.63, 3.8) is 0 Å². The van der Waals surface area contributed by atoms with E-state index in [1.165, 1.54) is 0 Å². The lowest BCUT2D eigenvalue weighted by Gasteiger charge is -2.48. The van der Waals surface area contributed by atoms with Crippen LogP contribution in [0.5, 0.6) is 5.75 Å². The van der Waals surface area contributed by atoms with Gasteiger partial charge in [-0.15, -0.1) is 0 Å². The van der Waals surface area contributed by atoms with Crippen LogP contribution in [-0.2, 0) is 9.59 Å². The number of ether oxygens (including phenoxy) is 1. The van der Waals surface area contributed by atoms with Crippen LogP contribution in [0.1, 0.15) is 52.0 Å². The molecule has 0 radical (unpaired) electrons. The van der Waals surface area contributed by atoms with E-state index in [2.05, 4.69) is 31.4 Å². The number of carbonyl (C=O) groups excluding carboxylic acids is 2. The zero-order valence-electron chi connectivity index (χ0n) is 16.9. The highest BCUT2D eigenvalue weighted by Gasteiger charge is 2.45. The molecule has 1 aliphatic heterocycles. The standard InChI is InChI=1S/C22H32N2O3/c1-14-5-8-16(9-6-14)27-13-21(26)23-15-7-10-17-18(22(2,3)4)12-20(25)24-19(17)11-15/h5-6,8-9,15,17-19H,7,10-13H2,1-4H3,(H,23,26)(H,24,25). The van der Waals surface area contributed by atoms with Crippen molar-refractivity contribution in [2.45, 2.75) is 65.5 Å². The van der Waals surface area contributed by atoms with E-state index in [4.69, 9.17) is 4.74 Å². The number of benzene rings is 1. The third-order valence-electron chi connectivity index (χ3n) is 6.04. The van der Waals surface area contributed by atoms with Gasteiger partial charge in [-0.1, -0.05) is 38.5 Å². The molecule has 2 N–H and O–H groups in total. The Kier molecular flexibility index (Phi) is 5.78. The van der Waals surface area contributed by atoms with Crippen molar-refractivity contribution >= 4 is 11.8 Å². The zero-order chi connectivity index (χ0) is 19.6. The first kappa shape index (κ1) is 19.7. The van der Waals surface area contributed by atoms with Gasteiger partial charge in [0, 0.05) is 18.5 Å². The van der Waals surface area contributed by atoms with Crippen molar-refractivity contribution in [1.82, 2.24) is 10.6 Å². The molecule has 148 valence electrons. The summed E-state index contributed by atoms with van der Waals surface area (Å²) < 4.78 is 5.57. The molecule has 3 rings (SSSR count). The molecule has 1 aromatic rings. The van der Waals surface area contributed by atoms with E-state index in [-0.39, 0.29) is 35.9 Å². The summed E-state index contributed by atoms with van der Waals surface area (Å²) in [6.45, 7) is 8.71. The van der Waals surface area contributed by atoms with Crippen LogP contribution in [-0.4, -0.2) is 30.5 Å². The van der Waals surface area contributed by atoms with Crippen molar-refractivity contribution in [1.29, 1.82) is 0 Å². The molecule has 5 nitrogen and oxygen atoms in total. The fourth-order valence-corrected chi connectivity index (χ4v) is 4.59. The summed E-state index contributed by atoms with van der Waals surface area (Å²) in [5, 5.41) is 6.25. The third-order valence-corrected chi connectivity index (χ3v) is 6.04. The maximum Gasteiger partial charge on any atom is 0.258 e. The number of nitrogens with one attached hydrogen (secondary N) is 2. The van der Waals surface area contributed by atoms with Gasteiger partial charge in [0.25, 0.3) is 5.91 Å². The number of hydrogen-bond acceptors (Lipinski definition) is 3. The summed E-state index contributed by atoms with van der Waals surface area (Å²) in [7, 11) is 0. The van der Waals surface area contributed by atoms with Gasteiger partial charge >= 0.3 is 0 Å². The molecule has 0 aromatic heterocycles. The van der Waals surface area contributed by atoms with E-state index in [1.54, 1.807) is 0 Å². The first-order chi connectivity index (χ1) is 12.7. The monoisotopic (exact) mass is 372 g/mol. The van der Waals surface area contributed by atoms with E-state index < -0.39 is 0 Å². The molecule has 2 fully saturated rings. The highest BCUT2D eigenvalue weighted by Crippen LogP contribution is 2.44. The summed E-state index contributed by atoms with van der Waals surface area (Å²) in [5.74, 6) is 1.64. The topological polar surface area (TPSA) is 67.4 Å². The SMILES string of the molecule is Cc1ccc(OCC(=O)NC2CCC3C(C2)NC(=O)CC3C(C)(C)C)cc1. The van der Waals surface area contributed by atoms with Crippen LogP contribution >= 0.6 is 0 Å². The van der Waals surface area contributed by atoms with Crippen LogP contribution in [0.4, 0.5) is 0 Å². The lowest BCUT2D eigenvalue weighted by molar-refractivity contribution is -0.130. The number of piperidine rings is 1. The molecule has 1 saturated carbocycles. The number of hydrogen-bond donors (Lipinski definition) is 2. The molecule has 1 saturated heterocycles. The number of fused-ring (bicyclic) bond motifs is 1. The molecule has 4 atom stereocenters. The quantitative estimate of drug-likeness (QED) is 0.853. The van der Waals surface area contributed by atoms with Gasteiger partial charge in [0.2, 0.25) is 5.91 Å². The van der Waals surface area contributed by atoms with Crippen molar-refractivity contribution in [2.75, 3.05) is 6.61 Å². The first-order valence-electron chi connectivity index (χ1n) is 10.0. The Balaban J connectivity index is 1.52. The predicted molar refractivity (Wildman–Crippen MR) is 105 cm³/mol. The second-order valence-electron chi connectivity index (χ2n) is 9.19. The number of aryl methyl sites for hydroxylation is 1. The molecule has 0 bridgehead atoms. The molecule has 2 amide bonds. The lowest BCUT2D eigenvalue weighted by atomic mass is 9.62. The van der Waals surface area contributed by atoms with Crippen LogP contribution in [0.3, 0.4) is 0 Å². The molecule has 5 heteroatoms. The van der Waals surface area contributed by atoms with Gasteiger partial charge in [0.05, 0.1) is 0 Å². The minimum Gasteiger partial charge on any atom is -0.484 e. The fraction of sp³-hybridized carbons (Fsp3) is 0.636. The average Bonchev–Trinajstić information content (AvgIpc) is 2.59. The summed E-state index contributed by atoms with van der Waals surface area (Å²) >= 11 is 0. The summed E-state index contributed by atoms with van der Waals surface area (Å²) in [5.41, 5.74) is 1.28. The van der Waals surface area contributed by atoms with E-state index in [9.17, 15) is 9.59 Å². The Morgan fingerprint density at radius 2 is 1.93 bits per heavy atom. The van der Waals surface area contributed by atoms with Crippen molar-refractivity contribution in [2.24, 2.45) is 17.3 Å².